The molecule has 6 heterocycles. The molecule has 11 nitrogen and oxygen atoms in total. The number of aromatic nitrogens is 3. The number of carbonyl (C=O) groups excluding carboxylic acids is 1. The molecule has 2 aromatic carbocycles. The highest BCUT2D eigenvalue weighted by atomic mass is 19.1. The van der Waals surface area contributed by atoms with E-state index in [2.05, 4.69) is 9.80 Å². The van der Waals surface area contributed by atoms with Crippen LogP contribution in [0.3, 0.4) is 0 Å². The summed E-state index contributed by atoms with van der Waals surface area (Å²) in [6.45, 7) is 11.4. The Kier molecular flexibility index (Phi) is 9.72. The Morgan fingerprint density at radius 3 is 2.49 bits per heavy atom. The third-order valence-electron chi connectivity index (χ3n) is 11.6. The minimum absolute atomic E-state index is 0.00537. The van der Waals surface area contributed by atoms with Gasteiger partial charge in [0.15, 0.2) is 12.6 Å². The summed E-state index contributed by atoms with van der Waals surface area (Å²) in [6, 6.07) is 6.17. The van der Waals surface area contributed by atoms with Gasteiger partial charge in [0.25, 0.3) is 0 Å². The standard InChI is InChI=1S/C41H49F3N6O5/c1-7-29-31(43)12-9-24-15-28(54-22-52-6)16-30(33(24)29)35-34(44)36-32(23(2)45-35)37(47-38(46-36)53-21-41-13-8-14-49(41)18-25(42)17-41)48-19-26-10-11-27(20-48)50(26)39(51)55-40(3,4)5/h9,12,15-16,25-27H,7-8,10-11,13-14,17-22H2,1-6H3/t25-,26-,27+,41+/m1/s1. The van der Waals surface area contributed by atoms with E-state index in [1.165, 1.54) is 13.2 Å². The Hall–Kier alpha value is -4.43. The molecule has 4 aliphatic heterocycles. The number of hydrogen-bond donors (Lipinski definition) is 0. The predicted molar refractivity (Wildman–Crippen MR) is 202 cm³/mol. The highest BCUT2D eigenvalue weighted by molar-refractivity contribution is 6.02. The number of benzene rings is 2. The Morgan fingerprint density at radius 2 is 1.78 bits per heavy atom. The number of nitrogens with zero attached hydrogens (tertiary/aromatic N) is 6. The maximum absolute atomic E-state index is 17.5. The van der Waals surface area contributed by atoms with Crippen molar-refractivity contribution in [2.45, 2.75) is 103 Å². The van der Waals surface area contributed by atoms with Gasteiger partial charge in [-0.1, -0.05) is 13.0 Å². The molecule has 55 heavy (non-hydrogen) atoms. The molecule has 14 heteroatoms. The Bertz CT molecular complexity index is 2130. The molecule has 4 atom stereocenters. The van der Waals surface area contributed by atoms with Gasteiger partial charge in [0.1, 0.15) is 47.0 Å². The lowest BCUT2D eigenvalue weighted by molar-refractivity contribution is 0.0122. The van der Waals surface area contributed by atoms with E-state index in [9.17, 15) is 9.18 Å². The van der Waals surface area contributed by atoms with E-state index in [0.717, 1.165) is 32.2 Å². The molecule has 0 spiro atoms. The lowest BCUT2D eigenvalue weighted by Gasteiger charge is -2.42. The number of pyridine rings is 1. The number of fused-ring (bicyclic) bond motifs is 5. The summed E-state index contributed by atoms with van der Waals surface area (Å²) in [5, 5.41) is 1.61. The predicted octanol–water partition coefficient (Wildman–Crippen LogP) is 7.52. The highest BCUT2D eigenvalue weighted by Gasteiger charge is 2.50. The number of aryl methyl sites for hydroxylation is 2. The fourth-order valence-corrected chi connectivity index (χ4v) is 9.34. The first-order valence-electron chi connectivity index (χ1n) is 19.3. The molecule has 0 aliphatic carbocycles. The van der Waals surface area contributed by atoms with Crippen molar-refractivity contribution in [2.24, 2.45) is 0 Å². The summed E-state index contributed by atoms with van der Waals surface area (Å²) >= 11 is 0. The number of ether oxygens (including phenoxy) is 4. The third-order valence-corrected chi connectivity index (χ3v) is 11.6. The molecule has 0 unspecified atom stereocenters. The van der Waals surface area contributed by atoms with Crippen molar-refractivity contribution in [2.75, 3.05) is 51.6 Å². The van der Waals surface area contributed by atoms with Crippen LogP contribution in [-0.4, -0.2) is 107 Å². The fraction of sp³-hybridized carbons (Fsp3) is 0.561. The van der Waals surface area contributed by atoms with Crippen LogP contribution in [0, 0.1) is 18.6 Å². The first-order valence-corrected chi connectivity index (χ1v) is 19.3. The van der Waals surface area contributed by atoms with Gasteiger partial charge < -0.3 is 23.8 Å². The number of rotatable bonds is 9. The molecule has 0 N–H and O–H groups in total. The van der Waals surface area contributed by atoms with Crippen molar-refractivity contribution in [1.29, 1.82) is 0 Å². The van der Waals surface area contributed by atoms with Crippen molar-refractivity contribution < 1.29 is 36.9 Å². The zero-order chi connectivity index (χ0) is 38.8. The Balaban J connectivity index is 1.26. The van der Waals surface area contributed by atoms with Gasteiger partial charge in [-0.3, -0.25) is 9.80 Å². The average molecular weight is 763 g/mol. The van der Waals surface area contributed by atoms with Gasteiger partial charge in [0, 0.05) is 38.7 Å². The van der Waals surface area contributed by atoms with Gasteiger partial charge in [0.2, 0.25) is 0 Å². The minimum atomic E-state index is -0.946. The van der Waals surface area contributed by atoms with E-state index in [1.54, 1.807) is 25.1 Å². The molecule has 4 aromatic rings. The summed E-state index contributed by atoms with van der Waals surface area (Å²) in [5.74, 6) is -0.255. The average Bonchev–Trinajstić information content (AvgIpc) is 3.76. The van der Waals surface area contributed by atoms with E-state index in [-0.39, 0.29) is 48.8 Å². The van der Waals surface area contributed by atoms with Crippen LogP contribution in [0.1, 0.15) is 71.1 Å². The maximum Gasteiger partial charge on any atom is 0.410 e. The van der Waals surface area contributed by atoms with Gasteiger partial charge in [-0.2, -0.15) is 9.97 Å². The van der Waals surface area contributed by atoms with Gasteiger partial charge in [-0.15, -0.1) is 0 Å². The number of anilines is 1. The van der Waals surface area contributed by atoms with Crippen molar-refractivity contribution in [3.8, 4) is 23.0 Å². The van der Waals surface area contributed by atoms with E-state index in [0.29, 0.717) is 77.0 Å². The minimum Gasteiger partial charge on any atom is -0.468 e. The summed E-state index contributed by atoms with van der Waals surface area (Å²) in [6.07, 6.45) is 2.73. The van der Waals surface area contributed by atoms with E-state index < -0.39 is 28.9 Å². The van der Waals surface area contributed by atoms with Crippen LogP contribution in [0.2, 0.25) is 0 Å². The topological polar surface area (TPSA) is 102 Å². The van der Waals surface area contributed by atoms with Gasteiger partial charge in [0.05, 0.1) is 28.7 Å². The summed E-state index contributed by atoms with van der Waals surface area (Å²) in [5.41, 5.74) is 0.133. The third kappa shape index (κ3) is 6.79. The van der Waals surface area contributed by atoms with Crippen molar-refractivity contribution in [1.82, 2.24) is 24.8 Å². The first-order chi connectivity index (χ1) is 26.3. The van der Waals surface area contributed by atoms with E-state index in [1.807, 2.05) is 32.6 Å². The number of piperazine rings is 1. The van der Waals surface area contributed by atoms with Gasteiger partial charge in [-0.05, 0) is 101 Å². The SMILES string of the molecule is CCc1c(F)ccc2cc(OCOC)cc(-c3nc(C)c4c(N5C[C@H]6CC[C@@H](C5)N6C(=O)OC(C)(C)C)nc(OC[C@@]56CCCN5C[C@H](F)C6)nc4c3F)c12. The largest absolute Gasteiger partial charge is 0.468 e. The second-order valence-electron chi connectivity index (χ2n) is 16.5. The molecule has 0 radical (unpaired) electrons. The summed E-state index contributed by atoms with van der Waals surface area (Å²) in [7, 11) is 1.51. The fourth-order valence-electron chi connectivity index (χ4n) is 9.34. The number of alkyl halides is 1. The number of amides is 1. The molecular formula is C41H49F3N6O5. The van der Waals surface area contributed by atoms with Crippen LogP contribution >= 0.6 is 0 Å². The van der Waals surface area contributed by atoms with E-state index >= 15 is 8.78 Å². The molecule has 0 saturated carbocycles. The molecule has 1 amide bonds. The molecule has 8 rings (SSSR count). The van der Waals surface area contributed by atoms with Crippen LogP contribution in [-0.2, 0) is 15.9 Å². The molecule has 4 fully saturated rings. The summed E-state index contributed by atoms with van der Waals surface area (Å²) in [4.78, 5) is 33.9. The number of methoxy groups -OCH3 is 1. The van der Waals surface area contributed by atoms with Crippen LogP contribution in [0.5, 0.6) is 11.8 Å². The zero-order valence-corrected chi connectivity index (χ0v) is 32.4. The van der Waals surface area contributed by atoms with Crippen molar-refractivity contribution in [3.63, 3.8) is 0 Å². The number of carbonyl (C=O) groups is 1. The molecule has 2 aromatic heterocycles. The lowest BCUT2D eigenvalue weighted by Crippen LogP contribution is -2.57. The van der Waals surface area contributed by atoms with Crippen LogP contribution in [0.15, 0.2) is 24.3 Å². The maximum atomic E-state index is 17.5. The first kappa shape index (κ1) is 37.5. The second-order valence-corrected chi connectivity index (χ2v) is 16.5. The van der Waals surface area contributed by atoms with Crippen LogP contribution < -0.4 is 14.4 Å². The quantitative estimate of drug-likeness (QED) is 0.159. The van der Waals surface area contributed by atoms with Crippen LogP contribution in [0.25, 0.3) is 32.9 Å². The molecule has 2 bridgehead atoms. The molecular weight excluding hydrogens is 713 g/mol. The Labute approximate surface area is 319 Å². The summed E-state index contributed by atoms with van der Waals surface area (Å²) < 4.78 is 70.7. The number of halogens is 3. The van der Waals surface area contributed by atoms with Gasteiger partial charge >= 0.3 is 12.1 Å². The Morgan fingerprint density at radius 1 is 1.02 bits per heavy atom. The normalized spacial score (nSPS) is 23.9. The monoisotopic (exact) mass is 762 g/mol. The van der Waals surface area contributed by atoms with Crippen molar-refractivity contribution in [3.05, 3.63) is 47.2 Å². The van der Waals surface area contributed by atoms with Gasteiger partial charge in [-0.25, -0.2) is 22.9 Å². The number of hydrogen-bond acceptors (Lipinski definition) is 10. The van der Waals surface area contributed by atoms with Crippen molar-refractivity contribution >= 4 is 33.6 Å². The smallest absolute Gasteiger partial charge is 0.410 e. The zero-order valence-electron chi connectivity index (χ0n) is 32.4. The molecule has 4 aliphatic rings. The molecule has 4 saturated heterocycles. The molecule has 294 valence electrons. The highest BCUT2D eigenvalue weighted by Crippen LogP contribution is 2.43. The van der Waals surface area contributed by atoms with Crippen LogP contribution in [0.4, 0.5) is 23.8 Å². The second kappa shape index (κ2) is 14.3. The lowest BCUT2D eigenvalue weighted by atomic mass is 9.94. The van der Waals surface area contributed by atoms with E-state index in [4.69, 9.17) is 33.9 Å².